The molecule has 0 radical (unpaired) electrons. The molecule has 0 N–H and O–H groups in total. The van der Waals surface area contributed by atoms with Crippen molar-refractivity contribution in [2.75, 3.05) is 11.5 Å². The van der Waals surface area contributed by atoms with Crippen LogP contribution in [0.5, 0.6) is 0 Å². The molecule has 0 spiro atoms. The first-order chi connectivity index (χ1) is 12.6. The highest BCUT2D eigenvalue weighted by molar-refractivity contribution is 5.91. The van der Waals surface area contributed by atoms with Crippen molar-refractivity contribution in [2.24, 2.45) is 0 Å². The van der Waals surface area contributed by atoms with Gasteiger partial charge in [-0.2, -0.15) is 0 Å². The molecule has 0 aliphatic carbocycles. The summed E-state index contributed by atoms with van der Waals surface area (Å²) in [6, 6.07) is 24.3. The van der Waals surface area contributed by atoms with Gasteiger partial charge in [-0.05, 0) is 63.2 Å². The van der Waals surface area contributed by atoms with Gasteiger partial charge in [0.1, 0.15) is 0 Å². The molecule has 0 bridgehead atoms. The quantitative estimate of drug-likeness (QED) is 0.535. The maximum Gasteiger partial charge on any atom is 0.338 e. The molecule has 0 saturated carbocycles. The van der Waals surface area contributed by atoms with E-state index in [0.717, 1.165) is 17.1 Å². The molecule has 26 heavy (non-hydrogen) atoms. The minimum atomic E-state index is -0.304. The second-order valence-corrected chi connectivity index (χ2v) is 6.28. The number of ether oxygens (including phenoxy) is 1. The van der Waals surface area contributed by atoms with Gasteiger partial charge in [-0.15, -0.1) is 0 Å². The van der Waals surface area contributed by atoms with Crippen molar-refractivity contribution in [3.05, 3.63) is 89.5 Å². The SMILES string of the molecule is CCOC(=O)c1cccc(N(c2ccc(C)cc2)c2ccc(C)cc2)c1. The molecule has 3 nitrogen and oxygen atoms in total. The summed E-state index contributed by atoms with van der Waals surface area (Å²) in [5, 5.41) is 0. The Morgan fingerprint density at radius 2 is 1.35 bits per heavy atom. The Balaban J connectivity index is 2.08. The van der Waals surface area contributed by atoms with Gasteiger partial charge in [0.05, 0.1) is 12.2 Å². The maximum absolute atomic E-state index is 12.1. The van der Waals surface area contributed by atoms with Crippen LogP contribution in [0, 0.1) is 13.8 Å². The zero-order valence-corrected chi connectivity index (χ0v) is 15.4. The predicted octanol–water partition coefficient (Wildman–Crippen LogP) is 5.95. The molecule has 0 unspecified atom stereocenters. The van der Waals surface area contributed by atoms with Crippen molar-refractivity contribution in [1.82, 2.24) is 0 Å². The second-order valence-electron chi connectivity index (χ2n) is 6.28. The van der Waals surface area contributed by atoms with Gasteiger partial charge in [0.2, 0.25) is 0 Å². The number of aryl methyl sites for hydroxylation is 2. The fourth-order valence-corrected chi connectivity index (χ4v) is 2.82. The standard InChI is InChI=1S/C23H23NO2/c1-4-26-23(25)19-6-5-7-22(16-19)24(20-12-8-17(2)9-13-20)21-14-10-18(3)11-15-21/h5-16H,4H2,1-3H3. The predicted molar refractivity (Wildman–Crippen MR) is 107 cm³/mol. The van der Waals surface area contributed by atoms with Gasteiger partial charge in [0, 0.05) is 17.1 Å². The topological polar surface area (TPSA) is 29.5 Å². The molecule has 0 atom stereocenters. The number of hydrogen-bond donors (Lipinski definition) is 0. The van der Waals surface area contributed by atoms with Crippen molar-refractivity contribution < 1.29 is 9.53 Å². The van der Waals surface area contributed by atoms with Gasteiger partial charge in [0.25, 0.3) is 0 Å². The molecule has 3 aromatic carbocycles. The van der Waals surface area contributed by atoms with Crippen LogP contribution in [0.1, 0.15) is 28.4 Å². The van der Waals surface area contributed by atoms with E-state index in [1.165, 1.54) is 11.1 Å². The highest BCUT2D eigenvalue weighted by Gasteiger charge is 2.15. The van der Waals surface area contributed by atoms with Gasteiger partial charge in [-0.25, -0.2) is 4.79 Å². The van der Waals surface area contributed by atoms with Crippen molar-refractivity contribution >= 4 is 23.0 Å². The first-order valence-electron chi connectivity index (χ1n) is 8.79. The van der Waals surface area contributed by atoms with E-state index in [1.807, 2.05) is 25.1 Å². The minimum Gasteiger partial charge on any atom is -0.462 e. The third-order valence-corrected chi connectivity index (χ3v) is 4.20. The van der Waals surface area contributed by atoms with E-state index in [9.17, 15) is 4.79 Å². The van der Waals surface area contributed by atoms with Crippen LogP contribution >= 0.6 is 0 Å². The molecule has 0 heterocycles. The molecule has 3 rings (SSSR count). The average Bonchev–Trinajstić information content (AvgIpc) is 2.65. The fourth-order valence-electron chi connectivity index (χ4n) is 2.82. The van der Waals surface area contributed by atoms with Gasteiger partial charge >= 0.3 is 5.97 Å². The molecule has 0 saturated heterocycles. The summed E-state index contributed by atoms with van der Waals surface area (Å²) in [5.74, 6) is -0.304. The molecule has 0 fully saturated rings. The normalized spacial score (nSPS) is 10.4. The van der Waals surface area contributed by atoms with Crippen molar-refractivity contribution in [2.45, 2.75) is 20.8 Å². The van der Waals surface area contributed by atoms with Gasteiger partial charge in [-0.3, -0.25) is 0 Å². The number of esters is 1. The van der Waals surface area contributed by atoms with E-state index in [1.54, 1.807) is 6.07 Å². The first-order valence-corrected chi connectivity index (χ1v) is 8.79. The lowest BCUT2D eigenvalue weighted by atomic mass is 10.1. The molecule has 132 valence electrons. The molecular formula is C23H23NO2. The van der Waals surface area contributed by atoms with Crippen LogP contribution < -0.4 is 4.90 Å². The number of benzene rings is 3. The lowest BCUT2D eigenvalue weighted by molar-refractivity contribution is 0.0526. The zero-order valence-electron chi connectivity index (χ0n) is 15.4. The van der Waals surface area contributed by atoms with E-state index < -0.39 is 0 Å². The number of hydrogen-bond acceptors (Lipinski definition) is 3. The summed E-state index contributed by atoms with van der Waals surface area (Å²) in [6.07, 6.45) is 0. The molecule has 0 aromatic heterocycles. The average molecular weight is 345 g/mol. The van der Waals surface area contributed by atoms with E-state index >= 15 is 0 Å². The summed E-state index contributed by atoms with van der Waals surface area (Å²) >= 11 is 0. The summed E-state index contributed by atoms with van der Waals surface area (Å²) in [4.78, 5) is 14.3. The second kappa shape index (κ2) is 7.87. The lowest BCUT2D eigenvalue weighted by Gasteiger charge is -2.26. The molecule has 3 heteroatoms. The number of carbonyl (C=O) groups excluding carboxylic acids is 1. The van der Waals surface area contributed by atoms with E-state index in [4.69, 9.17) is 4.74 Å². The third-order valence-electron chi connectivity index (χ3n) is 4.20. The van der Waals surface area contributed by atoms with Crippen LogP contribution in [0.15, 0.2) is 72.8 Å². The monoisotopic (exact) mass is 345 g/mol. The van der Waals surface area contributed by atoms with E-state index in [2.05, 4.69) is 67.3 Å². The van der Waals surface area contributed by atoms with Crippen LogP contribution in [-0.4, -0.2) is 12.6 Å². The van der Waals surface area contributed by atoms with Gasteiger partial charge in [-0.1, -0.05) is 41.5 Å². The van der Waals surface area contributed by atoms with Crippen LogP contribution in [-0.2, 0) is 4.74 Å². The number of nitrogens with zero attached hydrogens (tertiary/aromatic N) is 1. The highest BCUT2D eigenvalue weighted by atomic mass is 16.5. The van der Waals surface area contributed by atoms with Crippen molar-refractivity contribution in [3.63, 3.8) is 0 Å². The summed E-state index contributed by atoms with van der Waals surface area (Å²) in [7, 11) is 0. The Labute approximate surface area is 154 Å². The van der Waals surface area contributed by atoms with Crippen molar-refractivity contribution in [3.8, 4) is 0 Å². The lowest BCUT2D eigenvalue weighted by Crippen LogP contribution is -2.11. The van der Waals surface area contributed by atoms with Gasteiger partial charge < -0.3 is 9.64 Å². The Hall–Kier alpha value is -3.07. The van der Waals surface area contributed by atoms with Crippen LogP contribution in [0.2, 0.25) is 0 Å². The third kappa shape index (κ3) is 3.94. The number of anilines is 3. The highest BCUT2D eigenvalue weighted by Crippen LogP contribution is 2.35. The van der Waals surface area contributed by atoms with E-state index in [0.29, 0.717) is 12.2 Å². The minimum absolute atomic E-state index is 0.304. The summed E-state index contributed by atoms with van der Waals surface area (Å²) in [6.45, 7) is 6.32. The molecule has 0 amide bonds. The van der Waals surface area contributed by atoms with Crippen molar-refractivity contribution in [1.29, 1.82) is 0 Å². The fraction of sp³-hybridized carbons (Fsp3) is 0.174. The molecule has 0 aliphatic rings. The van der Waals surface area contributed by atoms with Crippen LogP contribution in [0.3, 0.4) is 0 Å². The Kier molecular flexibility index (Phi) is 5.37. The Bertz CT molecular complexity index is 837. The number of rotatable bonds is 5. The van der Waals surface area contributed by atoms with Crippen LogP contribution in [0.25, 0.3) is 0 Å². The molecule has 0 aliphatic heterocycles. The van der Waals surface area contributed by atoms with Crippen LogP contribution in [0.4, 0.5) is 17.1 Å². The van der Waals surface area contributed by atoms with Gasteiger partial charge in [0.15, 0.2) is 0 Å². The summed E-state index contributed by atoms with van der Waals surface area (Å²) in [5.41, 5.74) is 5.97. The number of carbonyl (C=O) groups is 1. The Morgan fingerprint density at radius 1 is 0.808 bits per heavy atom. The first kappa shape index (κ1) is 17.7. The Morgan fingerprint density at radius 3 is 1.85 bits per heavy atom. The smallest absolute Gasteiger partial charge is 0.338 e. The summed E-state index contributed by atoms with van der Waals surface area (Å²) < 4.78 is 5.15. The van der Waals surface area contributed by atoms with E-state index in [-0.39, 0.29) is 5.97 Å². The molecular weight excluding hydrogens is 322 g/mol. The molecule has 3 aromatic rings. The largest absolute Gasteiger partial charge is 0.462 e. The zero-order chi connectivity index (χ0) is 18.5. The maximum atomic E-state index is 12.1.